The molecule has 0 bridgehead atoms. The van der Waals surface area contributed by atoms with Crippen LogP contribution in [0, 0.1) is 11.8 Å². The second-order valence-electron chi connectivity index (χ2n) is 8.84. The Hall–Kier alpha value is -3.39. The van der Waals surface area contributed by atoms with E-state index in [9.17, 15) is 19.5 Å². The van der Waals surface area contributed by atoms with Gasteiger partial charge >= 0.3 is 12.1 Å². The first-order valence-corrected chi connectivity index (χ1v) is 11.4. The molecule has 0 saturated heterocycles. The van der Waals surface area contributed by atoms with Gasteiger partial charge in [0.1, 0.15) is 6.61 Å². The lowest BCUT2D eigenvalue weighted by Crippen LogP contribution is -2.46. The topological polar surface area (TPSA) is 114 Å². The second kappa shape index (κ2) is 11.7. The summed E-state index contributed by atoms with van der Waals surface area (Å²) in [5.74, 6) is -2.01. The molecule has 8 heteroatoms. The minimum Gasteiger partial charge on any atom is -0.481 e. The monoisotopic (exact) mass is 468 g/mol. The van der Waals surface area contributed by atoms with Crippen LogP contribution in [0.4, 0.5) is 4.79 Å². The maximum absolute atomic E-state index is 12.4. The Kier molecular flexibility index (Phi) is 8.65. The summed E-state index contributed by atoms with van der Waals surface area (Å²) >= 11 is 0. The fraction of sp³-hybridized carbons (Fsp3) is 0.423. The molecule has 8 nitrogen and oxygen atoms in total. The number of ether oxygens (including phenoxy) is 2. The lowest BCUT2D eigenvalue weighted by atomic mass is 9.97. The Bertz CT molecular complexity index is 976. The maximum Gasteiger partial charge on any atom is 0.407 e. The number of fused-ring (bicyclic) bond motifs is 3. The van der Waals surface area contributed by atoms with E-state index >= 15 is 0 Å². The Morgan fingerprint density at radius 1 is 0.941 bits per heavy atom. The van der Waals surface area contributed by atoms with Crippen LogP contribution in [0.5, 0.6) is 0 Å². The molecule has 1 aliphatic carbocycles. The predicted molar refractivity (Wildman–Crippen MR) is 127 cm³/mol. The number of hydrogen-bond donors (Lipinski definition) is 3. The highest BCUT2D eigenvalue weighted by Crippen LogP contribution is 2.44. The van der Waals surface area contributed by atoms with Crippen LogP contribution < -0.4 is 10.6 Å². The van der Waals surface area contributed by atoms with E-state index in [0.29, 0.717) is 6.42 Å². The lowest BCUT2D eigenvalue weighted by Gasteiger charge is -2.19. The van der Waals surface area contributed by atoms with Crippen molar-refractivity contribution >= 4 is 18.0 Å². The first-order valence-electron chi connectivity index (χ1n) is 11.4. The van der Waals surface area contributed by atoms with Gasteiger partial charge in [-0.3, -0.25) is 9.59 Å². The quantitative estimate of drug-likeness (QED) is 0.466. The molecule has 0 heterocycles. The SMILES string of the molecule is COC(CNC(=O)OCC1c2ccccc2-c2ccccc21)C(=O)NCC(CC(C)C)C(=O)O. The Morgan fingerprint density at radius 2 is 1.53 bits per heavy atom. The molecule has 0 spiro atoms. The average Bonchev–Trinajstić information content (AvgIpc) is 3.14. The lowest BCUT2D eigenvalue weighted by molar-refractivity contribution is -0.142. The summed E-state index contributed by atoms with van der Waals surface area (Å²) in [6.07, 6.45) is -1.17. The van der Waals surface area contributed by atoms with E-state index in [2.05, 4.69) is 22.8 Å². The summed E-state index contributed by atoms with van der Waals surface area (Å²) in [5, 5.41) is 14.5. The summed E-state index contributed by atoms with van der Waals surface area (Å²) in [6, 6.07) is 16.1. The number of carbonyl (C=O) groups is 3. The molecule has 0 fully saturated rings. The van der Waals surface area contributed by atoms with Gasteiger partial charge < -0.3 is 25.2 Å². The van der Waals surface area contributed by atoms with E-state index in [1.54, 1.807) is 0 Å². The third-order valence-corrected chi connectivity index (χ3v) is 5.98. The second-order valence-corrected chi connectivity index (χ2v) is 8.84. The van der Waals surface area contributed by atoms with Crippen molar-refractivity contribution < 1.29 is 29.0 Å². The Morgan fingerprint density at radius 3 is 2.06 bits per heavy atom. The summed E-state index contributed by atoms with van der Waals surface area (Å²) in [5.41, 5.74) is 4.50. The highest BCUT2D eigenvalue weighted by atomic mass is 16.5. The van der Waals surface area contributed by atoms with Crippen molar-refractivity contribution in [3.05, 3.63) is 59.7 Å². The zero-order chi connectivity index (χ0) is 24.7. The number of aliphatic carboxylic acids is 1. The van der Waals surface area contributed by atoms with Gasteiger partial charge in [-0.2, -0.15) is 0 Å². The van der Waals surface area contributed by atoms with Crippen LogP contribution in [-0.4, -0.2) is 56.0 Å². The number of alkyl carbamates (subject to hydrolysis) is 1. The van der Waals surface area contributed by atoms with Crippen LogP contribution in [0.2, 0.25) is 0 Å². The van der Waals surface area contributed by atoms with E-state index in [-0.39, 0.29) is 31.5 Å². The molecule has 2 aromatic rings. The van der Waals surface area contributed by atoms with Gasteiger partial charge in [0.05, 0.1) is 12.5 Å². The van der Waals surface area contributed by atoms with Crippen molar-refractivity contribution in [2.24, 2.45) is 11.8 Å². The highest BCUT2D eigenvalue weighted by Gasteiger charge is 2.29. The first-order chi connectivity index (χ1) is 16.3. The molecule has 2 aromatic carbocycles. The third kappa shape index (κ3) is 6.14. The van der Waals surface area contributed by atoms with Gasteiger partial charge in [0, 0.05) is 19.6 Å². The van der Waals surface area contributed by atoms with E-state index in [1.807, 2.05) is 50.2 Å². The van der Waals surface area contributed by atoms with Gasteiger partial charge in [-0.15, -0.1) is 0 Å². The third-order valence-electron chi connectivity index (χ3n) is 5.98. The summed E-state index contributed by atoms with van der Waals surface area (Å²) in [7, 11) is 1.35. The molecule has 2 unspecified atom stereocenters. The van der Waals surface area contributed by atoms with Crippen LogP contribution in [0.15, 0.2) is 48.5 Å². The van der Waals surface area contributed by atoms with Gasteiger partial charge in [-0.1, -0.05) is 62.4 Å². The van der Waals surface area contributed by atoms with Crippen LogP contribution >= 0.6 is 0 Å². The zero-order valence-corrected chi connectivity index (χ0v) is 19.7. The number of rotatable bonds is 11. The molecule has 34 heavy (non-hydrogen) atoms. The number of amides is 2. The van der Waals surface area contributed by atoms with Crippen molar-refractivity contribution in [3.8, 4) is 11.1 Å². The van der Waals surface area contributed by atoms with Crippen molar-refractivity contribution in [1.82, 2.24) is 10.6 Å². The molecule has 3 N–H and O–H groups in total. The van der Waals surface area contributed by atoms with Gasteiger partial charge in [0.15, 0.2) is 6.10 Å². The van der Waals surface area contributed by atoms with Gasteiger partial charge in [-0.05, 0) is 34.6 Å². The summed E-state index contributed by atoms with van der Waals surface area (Å²) < 4.78 is 10.7. The van der Waals surface area contributed by atoms with Crippen LogP contribution in [0.1, 0.15) is 37.3 Å². The van der Waals surface area contributed by atoms with Gasteiger partial charge in [0.25, 0.3) is 5.91 Å². The fourth-order valence-electron chi connectivity index (χ4n) is 4.29. The minimum absolute atomic E-state index is 0.00283. The number of carboxylic acids is 1. The number of methoxy groups -OCH3 is 1. The number of carbonyl (C=O) groups excluding carboxylic acids is 2. The zero-order valence-electron chi connectivity index (χ0n) is 19.7. The molecule has 0 saturated carbocycles. The van der Waals surface area contributed by atoms with Gasteiger partial charge in [0.2, 0.25) is 0 Å². The number of nitrogens with one attached hydrogen (secondary N) is 2. The summed E-state index contributed by atoms with van der Waals surface area (Å²) in [6.45, 7) is 3.92. The largest absolute Gasteiger partial charge is 0.481 e. The molecule has 182 valence electrons. The molecule has 3 rings (SSSR count). The fourth-order valence-corrected chi connectivity index (χ4v) is 4.29. The van der Waals surface area contributed by atoms with E-state index < -0.39 is 30.0 Å². The van der Waals surface area contributed by atoms with Crippen molar-refractivity contribution in [3.63, 3.8) is 0 Å². The predicted octanol–water partition coefficient (Wildman–Crippen LogP) is 3.40. The number of benzene rings is 2. The molecular formula is C26H32N2O6. The average molecular weight is 469 g/mol. The normalized spacial score (nSPS) is 14.1. The van der Waals surface area contributed by atoms with E-state index in [4.69, 9.17) is 9.47 Å². The van der Waals surface area contributed by atoms with Crippen LogP contribution in [-0.2, 0) is 19.1 Å². The van der Waals surface area contributed by atoms with E-state index in [0.717, 1.165) is 22.3 Å². The Balaban J connectivity index is 1.50. The van der Waals surface area contributed by atoms with E-state index in [1.165, 1.54) is 7.11 Å². The molecule has 0 aliphatic heterocycles. The first kappa shape index (κ1) is 25.2. The number of carboxylic acid groups (broad SMARTS) is 1. The van der Waals surface area contributed by atoms with Crippen molar-refractivity contribution in [2.45, 2.75) is 32.3 Å². The van der Waals surface area contributed by atoms with Crippen LogP contribution in [0.25, 0.3) is 11.1 Å². The number of hydrogen-bond acceptors (Lipinski definition) is 5. The smallest absolute Gasteiger partial charge is 0.407 e. The highest BCUT2D eigenvalue weighted by molar-refractivity contribution is 5.82. The Labute approximate surface area is 199 Å². The van der Waals surface area contributed by atoms with Crippen molar-refractivity contribution in [1.29, 1.82) is 0 Å². The molecule has 0 radical (unpaired) electrons. The molecule has 2 amide bonds. The maximum atomic E-state index is 12.4. The standard InChI is InChI=1S/C26H32N2O6/c1-16(2)12-17(25(30)31)13-27-24(29)23(33-3)14-28-26(32)34-15-22-20-10-6-4-8-18(20)19-9-5-7-11-21(19)22/h4-11,16-17,22-23H,12-15H2,1-3H3,(H,27,29)(H,28,32)(H,30,31). The summed E-state index contributed by atoms with van der Waals surface area (Å²) in [4.78, 5) is 36.1. The van der Waals surface area contributed by atoms with Gasteiger partial charge in [-0.25, -0.2) is 4.79 Å². The molecular weight excluding hydrogens is 436 g/mol. The minimum atomic E-state index is -0.964. The van der Waals surface area contributed by atoms with Crippen molar-refractivity contribution in [2.75, 3.05) is 26.8 Å². The molecule has 1 aliphatic rings. The van der Waals surface area contributed by atoms with Crippen LogP contribution in [0.3, 0.4) is 0 Å². The molecule has 0 aromatic heterocycles. The molecule has 2 atom stereocenters.